The van der Waals surface area contributed by atoms with Gasteiger partial charge in [-0.1, -0.05) is 23.7 Å². The summed E-state index contributed by atoms with van der Waals surface area (Å²) in [5.74, 6) is 0.0757. The zero-order chi connectivity index (χ0) is 13.3. The lowest BCUT2D eigenvalue weighted by Crippen LogP contribution is -2.19. The molecule has 0 saturated heterocycles. The maximum Gasteiger partial charge on any atom is 0.422 e. The third kappa shape index (κ3) is 2.85. The van der Waals surface area contributed by atoms with Gasteiger partial charge in [0.1, 0.15) is 16.4 Å². The van der Waals surface area contributed by atoms with Crippen molar-refractivity contribution in [1.29, 1.82) is 0 Å². The number of fused-ring (bicyclic) bond motifs is 1. The third-order valence-electron chi connectivity index (χ3n) is 2.33. The van der Waals surface area contributed by atoms with Gasteiger partial charge in [-0.2, -0.15) is 13.2 Å². The van der Waals surface area contributed by atoms with Gasteiger partial charge in [-0.05, 0) is 24.6 Å². The van der Waals surface area contributed by atoms with E-state index in [0.717, 1.165) is 5.56 Å². The molecule has 1 heterocycles. The number of alkyl halides is 3. The summed E-state index contributed by atoms with van der Waals surface area (Å²) in [5, 5.41) is 0.946. The molecule has 0 unspecified atom stereocenters. The van der Waals surface area contributed by atoms with Crippen LogP contribution in [0.25, 0.3) is 10.9 Å². The number of ether oxygens (including phenoxy) is 1. The predicted octanol–water partition coefficient (Wildman–Crippen LogP) is 4.14. The first-order valence-corrected chi connectivity index (χ1v) is 5.50. The zero-order valence-electron chi connectivity index (χ0n) is 9.38. The van der Waals surface area contributed by atoms with Gasteiger partial charge in [-0.3, -0.25) is 0 Å². The van der Waals surface area contributed by atoms with Crippen molar-refractivity contribution < 1.29 is 17.9 Å². The predicted molar refractivity (Wildman–Crippen MR) is 63.0 cm³/mol. The van der Waals surface area contributed by atoms with Crippen LogP contribution in [0.2, 0.25) is 5.15 Å². The second-order valence-corrected chi connectivity index (χ2v) is 4.19. The molecule has 2 aromatic rings. The summed E-state index contributed by atoms with van der Waals surface area (Å²) in [6.07, 6.45) is -4.38. The smallest absolute Gasteiger partial charge is 0.422 e. The first-order chi connectivity index (χ1) is 8.37. The van der Waals surface area contributed by atoms with Crippen molar-refractivity contribution in [3.8, 4) is 5.75 Å². The first-order valence-electron chi connectivity index (χ1n) is 5.12. The number of nitrogens with zero attached hydrogens (tertiary/aromatic N) is 1. The van der Waals surface area contributed by atoms with Gasteiger partial charge >= 0.3 is 6.18 Å². The number of benzene rings is 1. The molecule has 0 N–H and O–H groups in total. The van der Waals surface area contributed by atoms with Gasteiger partial charge in [0, 0.05) is 5.39 Å². The lowest BCUT2D eigenvalue weighted by molar-refractivity contribution is -0.153. The van der Waals surface area contributed by atoms with E-state index in [-0.39, 0.29) is 10.9 Å². The van der Waals surface area contributed by atoms with Crippen molar-refractivity contribution in [1.82, 2.24) is 4.98 Å². The van der Waals surface area contributed by atoms with Crippen molar-refractivity contribution in [3.63, 3.8) is 0 Å². The van der Waals surface area contributed by atoms with Crippen LogP contribution in [0.4, 0.5) is 13.2 Å². The largest absolute Gasteiger partial charge is 0.482 e. The van der Waals surface area contributed by atoms with E-state index < -0.39 is 12.8 Å². The maximum atomic E-state index is 12.1. The highest BCUT2D eigenvalue weighted by Gasteiger charge is 2.28. The molecule has 0 atom stereocenters. The molecule has 0 saturated carbocycles. The topological polar surface area (TPSA) is 22.1 Å². The Morgan fingerprint density at radius 2 is 2.06 bits per heavy atom. The molecule has 0 radical (unpaired) electrons. The second-order valence-electron chi connectivity index (χ2n) is 3.83. The molecule has 0 aliphatic rings. The van der Waals surface area contributed by atoms with E-state index in [1.807, 2.05) is 0 Å². The summed E-state index contributed by atoms with van der Waals surface area (Å²) in [6, 6.07) is 6.55. The van der Waals surface area contributed by atoms with E-state index in [4.69, 9.17) is 16.3 Å². The summed E-state index contributed by atoms with van der Waals surface area (Å²) < 4.78 is 41.1. The maximum absolute atomic E-state index is 12.1. The Labute approximate surface area is 106 Å². The minimum Gasteiger partial charge on any atom is -0.482 e. The molecular weight excluding hydrogens is 267 g/mol. The fraction of sp³-hybridized carbons (Fsp3) is 0.250. The van der Waals surface area contributed by atoms with E-state index in [1.54, 1.807) is 25.1 Å². The van der Waals surface area contributed by atoms with Gasteiger partial charge in [-0.15, -0.1) is 0 Å². The van der Waals surface area contributed by atoms with E-state index in [1.165, 1.54) is 6.07 Å². The number of rotatable bonds is 2. The highest BCUT2D eigenvalue weighted by molar-refractivity contribution is 6.30. The highest BCUT2D eigenvalue weighted by atomic mass is 35.5. The van der Waals surface area contributed by atoms with Crippen LogP contribution in [0.15, 0.2) is 24.3 Å². The van der Waals surface area contributed by atoms with Crippen LogP contribution in [0.5, 0.6) is 5.75 Å². The van der Waals surface area contributed by atoms with Crippen LogP contribution < -0.4 is 4.74 Å². The fourth-order valence-electron chi connectivity index (χ4n) is 1.53. The van der Waals surface area contributed by atoms with Crippen molar-refractivity contribution in [2.45, 2.75) is 13.1 Å². The minimum absolute atomic E-state index is 0.0757. The Morgan fingerprint density at radius 1 is 1.33 bits per heavy atom. The summed E-state index contributed by atoms with van der Waals surface area (Å²) in [4.78, 5) is 4.05. The van der Waals surface area contributed by atoms with E-state index in [2.05, 4.69) is 4.98 Å². The molecule has 0 fully saturated rings. The van der Waals surface area contributed by atoms with Gasteiger partial charge in [-0.25, -0.2) is 4.98 Å². The van der Waals surface area contributed by atoms with Crippen LogP contribution in [0, 0.1) is 6.92 Å². The zero-order valence-corrected chi connectivity index (χ0v) is 10.1. The number of aryl methyl sites for hydroxylation is 1. The monoisotopic (exact) mass is 275 g/mol. The molecule has 0 aliphatic heterocycles. The van der Waals surface area contributed by atoms with Crippen LogP contribution in [-0.4, -0.2) is 17.8 Å². The number of aromatic nitrogens is 1. The van der Waals surface area contributed by atoms with Crippen LogP contribution >= 0.6 is 11.6 Å². The van der Waals surface area contributed by atoms with Gasteiger partial charge in [0.25, 0.3) is 0 Å². The van der Waals surface area contributed by atoms with Gasteiger partial charge in [0.15, 0.2) is 6.61 Å². The van der Waals surface area contributed by atoms with Crippen LogP contribution in [0.1, 0.15) is 5.56 Å². The first kappa shape index (κ1) is 13.0. The average Bonchev–Trinajstić information content (AvgIpc) is 2.27. The molecule has 96 valence electrons. The summed E-state index contributed by atoms with van der Waals surface area (Å²) >= 11 is 5.86. The Hall–Kier alpha value is -1.49. The average molecular weight is 276 g/mol. The molecule has 2 rings (SSSR count). The molecule has 0 amide bonds. The van der Waals surface area contributed by atoms with Crippen molar-refractivity contribution >= 4 is 22.5 Å². The van der Waals surface area contributed by atoms with E-state index >= 15 is 0 Å². The summed E-state index contributed by atoms with van der Waals surface area (Å²) in [5.41, 5.74) is 1.09. The Kier molecular flexibility index (Phi) is 3.34. The van der Waals surface area contributed by atoms with Crippen LogP contribution in [0.3, 0.4) is 0 Å². The number of halogens is 4. The number of hydrogen-bond acceptors (Lipinski definition) is 2. The van der Waals surface area contributed by atoms with Gasteiger partial charge in [0.2, 0.25) is 0 Å². The molecular formula is C12H9ClF3NO. The molecule has 1 aromatic heterocycles. The molecule has 0 aliphatic carbocycles. The van der Waals surface area contributed by atoms with E-state index in [0.29, 0.717) is 10.9 Å². The van der Waals surface area contributed by atoms with Crippen molar-refractivity contribution in [2.75, 3.05) is 6.61 Å². The second kappa shape index (κ2) is 4.65. The Morgan fingerprint density at radius 3 is 2.72 bits per heavy atom. The minimum atomic E-state index is -4.38. The Bertz CT molecular complexity index is 583. The number of para-hydroxylation sites is 1. The summed E-state index contributed by atoms with van der Waals surface area (Å²) in [7, 11) is 0. The molecule has 0 bridgehead atoms. The van der Waals surface area contributed by atoms with Gasteiger partial charge < -0.3 is 4.74 Å². The molecule has 0 spiro atoms. The quantitative estimate of drug-likeness (QED) is 0.769. The van der Waals surface area contributed by atoms with Gasteiger partial charge in [0.05, 0.1) is 0 Å². The highest BCUT2D eigenvalue weighted by Crippen LogP contribution is 2.28. The fourth-order valence-corrected chi connectivity index (χ4v) is 1.67. The normalized spacial score (nSPS) is 11.8. The van der Waals surface area contributed by atoms with Crippen molar-refractivity contribution in [3.05, 3.63) is 35.0 Å². The lowest BCUT2D eigenvalue weighted by atomic mass is 10.1. The molecule has 1 aromatic carbocycles. The Balaban J connectivity index is 2.42. The SMILES string of the molecule is Cc1cc2cccc(OCC(F)(F)F)c2nc1Cl. The molecule has 18 heavy (non-hydrogen) atoms. The molecule has 6 heteroatoms. The van der Waals surface area contributed by atoms with Crippen molar-refractivity contribution in [2.24, 2.45) is 0 Å². The third-order valence-corrected chi connectivity index (χ3v) is 2.71. The summed E-state index contributed by atoms with van der Waals surface area (Å²) in [6.45, 7) is 0.428. The van der Waals surface area contributed by atoms with Crippen LogP contribution in [-0.2, 0) is 0 Å². The number of hydrogen-bond donors (Lipinski definition) is 0. The standard InChI is InChI=1S/C12H9ClF3NO/c1-7-5-8-3-2-4-9(10(8)17-11(7)13)18-6-12(14,15)16/h2-5H,6H2,1H3. The van der Waals surface area contributed by atoms with E-state index in [9.17, 15) is 13.2 Å². The lowest BCUT2D eigenvalue weighted by Gasteiger charge is -2.11. The molecule has 2 nitrogen and oxygen atoms in total. The number of pyridine rings is 1.